The van der Waals surface area contributed by atoms with Crippen LogP contribution in [0.25, 0.3) is 0 Å². The Balaban J connectivity index is 2.14. The third kappa shape index (κ3) is 1.93. The van der Waals surface area contributed by atoms with Crippen molar-refractivity contribution in [2.75, 3.05) is 0 Å². The van der Waals surface area contributed by atoms with Gasteiger partial charge in [0.05, 0.1) is 5.01 Å². The van der Waals surface area contributed by atoms with Crippen LogP contribution in [-0.4, -0.2) is 4.98 Å². The average molecular weight is 195 g/mol. The summed E-state index contributed by atoms with van der Waals surface area (Å²) in [6.07, 6.45) is 5.56. The molecule has 1 nitrogen and oxygen atoms in total. The van der Waals surface area contributed by atoms with E-state index in [9.17, 15) is 0 Å². The molecule has 0 radical (unpaired) electrons. The van der Waals surface area contributed by atoms with Crippen LogP contribution < -0.4 is 0 Å². The predicted octanol–water partition coefficient (Wildman–Crippen LogP) is 3.75. The summed E-state index contributed by atoms with van der Waals surface area (Å²) in [4.78, 5) is 4.60. The molecule has 2 unspecified atom stereocenters. The Morgan fingerprint density at radius 1 is 1.38 bits per heavy atom. The zero-order chi connectivity index (χ0) is 9.26. The zero-order valence-electron chi connectivity index (χ0n) is 8.42. The molecule has 1 fully saturated rings. The van der Waals surface area contributed by atoms with Gasteiger partial charge < -0.3 is 0 Å². The molecule has 1 saturated carbocycles. The van der Waals surface area contributed by atoms with Gasteiger partial charge in [-0.2, -0.15) is 0 Å². The van der Waals surface area contributed by atoms with Gasteiger partial charge in [0.25, 0.3) is 0 Å². The van der Waals surface area contributed by atoms with Crippen LogP contribution in [0.1, 0.15) is 49.2 Å². The second-order valence-corrected chi connectivity index (χ2v) is 5.09. The van der Waals surface area contributed by atoms with Gasteiger partial charge in [0.15, 0.2) is 0 Å². The minimum Gasteiger partial charge on any atom is -0.246 e. The summed E-state index contributed by atoms with van der Waals surface area (Å²) < 4.78 is 0. The van der Waals surface area contributed by atoms with Crippen LogP contribution in [0, 0.1) is 12.8 Å². The van der Waals surface area contributed by atoms with Gasteiger partial charge in [0.2, 0.25) is 0 Å². The van der Waals surface area contributed by atoms with Gasteiger partial charge in [-0.1, -0.05) is 26.2 Å². The second kappa shape index (κ2) is 3.79. The fourth-order valence-corrected chi connectivity index (χ4v) is 3.29. The van der Waals surface area contributed by atoms with Gasteiger partial charge in [0, 0.05) is 17.0 Å². The summed E-state index contributed by atoms with van der Waals surface area (Å²) in [5.41, 5.74) is 1.19. The van der Waals surface area contributed by atoms with E-state index in [-0.39, 0.29) is 0 Å². The van der Waals surface area contributed by atoms with E-state index in [2.05, 4.69) is 24.2 Å². The van der Waals surface area contributed by atoms with Crippen molar-refractivity contribution >= 4 is 11.3 Å². The van der Waals surface area contributed by atoms with Crippen LogP contribution in [0.4, 0.5) is 0 Å². The Kier molecular flexibility index (Phi) is 2.68. The highest BCUT2D eigenvalue weighted by Crippen LogP contribution is 2.38. The lowest BCUT2D eigenvalue weighted by Crippen LogP contribution is -2.14. The molecule has 2 rings (SSSR count). The van der Waals surface area contributed by atoms with Crippen LogP contribution in [0.15, 0.2) is 5.38 Å². The van der Waals surface area contributed by atoms with E-state index < -0.39 is 0 Å². The first-order valence-electron chi connectivity index (χ1n) is 5.19. The molecule has 0 amide bonds. The lowest BCUT2D eigenvalue weighted by atomic mass is 9.81. The first-order valence-corrected chi connectivity index (χ1v) is 6.07. The molecule has 13 heavy (non-hydrogen) atoms. The monoisotopic (exact) mass is 195 g/mol. The van der Waals surface area contributed by atoms with Gasteiger partial charge in [-0.25, -0.2) is 4.98 Å². The van der Waals surface area contributed by atoms with E-state index in [0.717, 1.165) is 11.8 Å². The van der Waals surface area contributed by atoms with Crippen molar-refractivity contribution in [3.05, 3.63) is 16.1 Å². The Bertz CT molecular complexity index is 279. The summed E-state index contributed by atoms with van der Waals surface area (Å²) in [5, 5.41) is 3.56. The largest absolute Gasteiger partial charge is 0.246 e. The van der Waals surface area contributed by atoms with E-state index in [1.807, 2.05) is 11.3 Å². The molecule has 0 spiro atoms. The average Bonchev–Trinajstić information content (AvgIpc) is 2.53. The fraction of sp³-hybridized carbons (Fsp3) is 0.727. The number of hydrogen-bond donors (Lipinski definition) is 0. The first kappa shape index (κ1) is 9.20. The number of thiazole rings is 1. The normalized spacial score (nSPS) is 29.1. The summed E-state index contributed by atoms with van der Waals surface area (Å²) in [6.45, 7) is 4.47. The van der Waals surface area contributed by atoms with Crippen molar-refractivity contribution in [2.45, 2.75) is 45.4 Å². The molecule has 1 aromatic heterocycles. The highest BCUT2D eigenvalue weighted by molar-refractivity contribution is 7.09. The summed E-state index contributed by atoms with van der Waals surface area (Å²) >= 11 is 1.85. The van der Waals surface area contributed by atoms with Crippen molar-refractivity contribution < 1.29 is 0 Å². The summed E-state index contributed by atoms with van der Waals surface area (Å²) in [7, 11) is 0. The number of rotatable bonds is 1. The molecule has 0 aliphatic heterocycles. The Labute approximate surface area is 84.2 Å². The van der Waals surface area contributed by atoms with E-state index in [1.54, 1.807) is 0 Å². The molecule has 0 N–H and O–H groups in total. The standard InChI is InChI=1S/C11H17NS/c1-8-5-3-4-6-10(8)11-12-9(2)7-13-11/h7-8,10H,3-6H2,1-2H3. The number of hydrogen-bond acceptors (Lipinski definition) is 2. The highest BCUT2D eigenvalue weighted by Gasteiger charge is 2.24. The Morgan fingerprint density at radius 3 is 2.77 bits per heavy atom. The maximum atomic E-state index is 4.60. The minimum absolute atomic E-state index is 0.757. The maximum absolute atomic E-state index is 4.60. The van der Waals surface area contributed by atoms with Gasteiger partial charge in [-0.05, 0) is 19.3 Å². The molecular weight excluding hydrogens is 178 g/mol. The third-order valence-electron chi connectivity index (χ3n) is 3.07. The van der Waals surface area contributed by atoms with Crippen LogP contribution >= 0.6 is 11.3 Å². The van der Waals surface area contributed by atoms with Gasteiger partial charge in [-0.15, -0.1) is 11.3 Å². The van der Waals surface area contributed by atoms with Crippen LogP contribution in [0.2, 0.25) is 0 Å². The molecule has 2 heteroatoms. The maximum Gasteiger partial charge on any atom is 0.0961 e. The van der Waals surface area contributed by atoms with Crippen LogP contribution in [0.3, 0.4) is 0 Å². The highest BCUT2D eigenvalue weighted by atomic mass is 32.1. The van der Waals surface area contributed by atoms with Gasteiger partial charge in [-0.3, -0.25) is 0 Å². The van der Waals surface area contributed by atoms with Gasteiger partial charge in [0.1, 0.15) is 0 Å². The van der Waals surface area contributed by atoms with E-state index >= 15 is 0 Å². The first-order chi connectivity index (χ1) is 6.27. The quantitative estimate of drug-likeness (QED) is 0.665. The topological polar surface area (TPSA) is 12.9 Å². The van der Waals surface area contributed by atoms with E-state index in [0.29, 0.717) is 0 Å². The van der Waals surface area contributed by atoms with Crippen molar-refractivity contribution in [3.8, 4) is 0 Å². The lowest BCUT2D eigenvalue weighted by Gasteiger charge is -2.26. The Hall–Kier alpha value is -0.370. The molecular formula is C11H17NS. The van der Waals surface area contributed by atoms with Crippen molar-refractivity contribution in [3.63, 3.8) is 0 Å². The zero-order valence-corrected chi connectivity index (χ0v) is 9.23. The third-order valence-corrected chi connectivity index (χ3v) is 4.16. The molecule has 0 bridgehead atoms. The molecule has 72 valence electrons. The van der Waals surface area contributed by atoms with Crippen LogP contribution in [0.5, 0.6) is 0 Å². The fourth-order valence-electron chi connectivity index (χ4n) is 2.23. The van der Waals surface area contributed by atoms with Crippen molar-refractivity contribution in [1.82, 2.24) is 4.98 Å². The number of aryl methyl sites for hydroxylation is 1. The molecule has 1 aliphatic rings. The predicted molar refractivity (Wildman–Crippen MR) is 57.2 cm³/mol. The molecule has 1 heterocycles. The molecule has 0 saturated heterocycles. The lowest BCUT2D eigenvalue weighted by molar-refractivity contribution is 0.330. The van der Waals surface area contributed by atoms with Gasteiger partial charge >= 0.3 is 0 Å². The number of nitrogens with zero attached hydrogens (tertiary/aromatic N) is 1. The summed E-state index contributed by atoms with van der Waals surface area (Å²) in [5.74, 6) is 1.60. The van der Waals surface area contributed by atoms with E-state index in [4.69, 9.17) is 0 Å². The SMILES string of the molecule is Cc1csc(C2CCCCC2C)n1. The molecule has 1 aromatic rings. The smallest absolute Gasteiger partial charge is 0.0961 e. The van der Waals surface area contributed by atoms with Crippen molar-refractivity contribution in [2.24, 2.45) is 5.92 Å². The second-order valence-electron chi connectivity index (χ2n) is 4.20. The molecule has 2 atom stereocenters. The number of aromatic nitrogens is 1. The minimum atomic E-state index is 0.757. The molecule has 0 aromatic carbocycles. The van der Waals surface area contributed by atoms with Crippen molar-refractivity contribution in [1.29, 1.82) is 0 Å². The summed E-state index contributed by atoms with van der Waals surface area (Å²) in [6, 6.07) is 0. The van der Waals surface area contributed by atoms with E-state index in [1.165, 1.54) is 36.4 Å². The molecule has 1 aliphatic carbocycles. The Morgan fingerprint density at radius 2 is 2.15 bits per heavy atom. The van der Waals surface area contributed by atoms with Crippen LogP contribution in [-0.2, 0) is 0 Å².